The predicted octanol–water partition coefficient (Wildman–Crippen LogP) is 0.282. The number of carbonyl (C=O) groups is 2. The molecule has 7 nitrogen and oxygen atoms in total. The van der Waals surface area contributed by atoms with E-state index in [1.807, 2.05) is 19.3 Å². The molecule has 2 rings (SSSR count). The third-order valence-corrected chi connectivity index (χ3v) is 3.48. The van der Waals surface area contributed by atoms with E-state index in [2.05, 4.69) is 10.4 Å². The Morgan fingerprint density at radius 3 is 2.79 bits per heavy atom. The van der Waals surface area contributed by atoms with Gasteiger partial charge in [-0.3, -0.25) is 9.48 Å². The Labute approximate surface area is 111 Å². The molecule has 1 atom stereocenters. The molecule has 0 bridgehead atoms. The van der Waals surface area contributed by atoms with Crippen molar-refractivity contribution in [2.45, 2.75) is 13.5 Å². The summed E-state index contributed by atoms with van der Waals surface area (Å²) >= 11 is 0. The highest BCUT2D eigenvalue weighted by molar-refractivity contribution is 5.76. The van der Waals surface area contributed by atoms with E-state index < -0.39 is 11.9 Å². The SMILES string of the molecule is CC(C(=O)O)C1CN(C(=O)NCc2ccn(C)n2)C1. The summed E-state index contributed by atoms with van der Waals surface area (Å²) in [4.78, 5) is 24.2. The first-order valence-electron chi connectivity index (χ1n) is 6.21. The first kappa shape index (κ1) is 13.4. The van der Waals surface area contributed by atoms with Crippen molar-refractivity contribution in [1.82, 2.24) is 20.0 Å². The van der Waals surface area contributed by atoms with Crippen LogP contribution >= 0.6 is 0 Å². The largest absolute Gasteiger partial charge is 0.481 e. The normalized spacial score (nSPS) is 16.8. The molecule has 0 aliphatic carbocycles. The molecular weight excluding hydrogens is 248 g/mol. The Kier molecular flexibility index (Phi) is 3.73. The van der Waals surface area contributed by atoms with Crippen molar-refractivity contribution in [2.75, 3.05) is 13.1 Å². The van der Waals surface area contributed by atoms with Gasteiger partial charge in [0.05, 0.1) is 18.2 Å². The molecule has 1 aromatic heterocycles. The summed E-state index contributed by atoms with van der Waals surface area (Å²) in [5.41, 5.74) is 0.798. The number of nitrogens with zero attached hydrogens (tertiary/aromatic N) is 3. The van der Waals surface area contributed by atoms with Crippen LogP contribution in [0, 0.1) is 11.8 Å². The lowest BCUT2D eigenvalue weighted by Gasteiger charge is -2.40. The van der Waals surface area contributed by atoms with Crippen LogP contribution in [0.2, 0.25) is 0 Å². The van der Waals surface area contributed by atoms with Gasteiger partial charge in [0.1, 0.15) is 0 Å². The zero-order valence-corrected chi connectivity index (χ0v) is 11.0. The number of aromatic nitrogens is 2. The second-order valence-corrected chi connectivity index (χ2v) is 4.93. The maximum absolute atomic E-state index is 11.8. The lowest BCUT2D eigenvalue weighted by atomic mass is 9.87. The number of aryl methyl sites for hydroxylation is 1. The lowest BCUT2D eigenvalue weighted by molar-refractivity contribution is -0.144. The van der Waals surface area contributed by atoms with Crippen LogP contribution in [-0.4, -0.2) is 44.9 Å². The van der Waals surface area contributed by atoms with Crippen molar-refractivity contribution in [1.29, 1.82) is 0 Å². The Hall–Kier alpha value is -2.05. The van der Waals surface area contributed by atoms with Crippen LogP contribution in [0.25, 0.3) is 0 Å². The number of carbonyl (C=O) groups excluding carboxylic acids is 1. The van der Waals surface area contributed by atoms with Crippen LogP contribution in [0.5, 0.6) is 0 Å². The first-order chi connectivity index (χ1) is 8.97. The van der Waals surface area contributed by atoms with Gasteiger partial charge in [0.25, 0.3) is 0 Å². The van der Waals surface area contributed by atoms with E-state index in [-0.39, 0.29) is 11.9 Å². The molecule has 7 heteroatoms. The van der Waals surface area contributed by atoms with E-state index in [0.717, 1.165) is 5.69 Å². The van der Waals surface area contributed by atoms with Crippen molar-refractivity contribution in [3.8, 4) is 0 Å². The Morgan fingerprint density at radius 2 is 2.26 bits per heavy atom. The monoisotopic (exact) mass is 266 g/mol. The molecule has 1 saturated heterocycles. The molecular formula is C12H18N4O3. The third kappa shape index (κ3) is 3.04. The summed E-state index contributed by atoms with van der Waals surface area (Å²) in [6.07, 6.45) is 1.82. The van der Waals surface area contributed by atoms with Crippen LogP contribution in [0.1, 0.15) is 12.6 Å². The molecule has 2 amide bonds. The molecule has 19 heavy (non-hydrogen) atoms. The van der Waals surface area contributed by atoms with Crippen LogP contribution in [0.4, 0.5) is 4.79 Å². The maximum Gasteiger partial charge on any atom is 0.317 e. The summed E-state index contributed by atoms with van der Waals surface area (Å²) < 4.78 is 1.68. The number of nitrogens with one attached hydrogen (secondary N) is 1. The highest BCUT2D eigenvalue weighted by Gasteiger charge is 2.37. The average molecular weight is 266 g/mol. The molecule has 1 aliphatic rings. The van der Waals surface area contributed by atoms with E-state index >= 15 is 0 Å². The summed E-state index contributed by atoms with van der Waals surface area (Å²) in [7, 11) is 1.82. The number of rotatable bonds is 4. The molecule has 0 saturated carbocycles. The molecule has 0 radical (unpaired) electrons. The van der Waals surface area contributed by atoms with Gasteiger partial charge in [-0.15, -0.1) is 0 Å². The quantitative estimate of drug-likeness (QED) is 0.819. The Morgan fingerprint density at radius 1 is 1.58 bits per heavy atom. The minimum absolute atomic E-state index is 0.0538. The molecule has 104 valence electrons. The summed E-state index contributed by atoms with van der Waals surface area (Å²) in [5.74, 6) is -1.16. The predicted molar refractivity (Wildman–Crippen MR) is 67.3 cm³/mol. The zero-order chi connectivity index (χ0) is 14.0. The van der Waals surface area contributed by atoms with Gasteiger partial charge in [-0.25, -0.2) is 4.79 Å². The Balaban J connectivity index is 1.73. The summed E-state index contributed by atoms with van der Waals surface area (Å²) in [5, 5.41) is 15.8. The molecule has 1 fully saturated rings. The van der Waals surface area contributed by atoms with E-state index in [1.165, 1.54) is 0 Å². The van der Waals surface area contributed by atoms with Crippen molar-refractivity contribution in [3.05, 3.63) is 18.0 Å². The summed E-state index contributed by atoms with van der Waals surface area (Å²) in [6.45, 7) is 3.06. The van der Waals surface area contributed by atoms with Crippen molar-refractivity contribution in [3.63, 3.8) is 0 Å². The van der Waals surface area contributed by atoms with Gasteiger partial charge in [-0.1, -0.05) is 6.92 Å². The van der Waals surface area contributed by atoms with Crippen LogP contribution < -0.4 is 5.32 Å². The van der Waals surface area contributed by atoms with Gasteiger partial charge in [-0.2, -0.15) is 5.10 Å². The van der Waals surface area contributed by atoms with Crippen LogP contribution in [0.15, 0.2) is 12.3 Å². The number of amides is 2. The van der Waals surface area contributed by atoms with Gasteiger partial charge in [-0.05, 0) is 6.07 Å². The van der Waals surface area contributed by atoms with Gasteiger partial charge >= 0.3 is 12.0 Å². The number of carboxylic acids is 1. The molecule has 2 heterocycles. The minimum atomic E-state index is -0.807. The lowest BCUT2D eigenvalue weighted by Crippen LogP contribution is -2.56. The van der Waals surface area contributed by atoms with E-state index in [0.29, 0.717) is 19.6 Å². The highest BCUT2D eigenvalue weighted by atomic mass is 16.4. The van der Waals surface area contributed by atoms with Gasteiger partial charge in [0, 0.05) is 32.3 Å². The molecule has 2 N–H and O–H groups in total. The van der Waals surface area contributed by atoms with Crippen LogP contribution in [0.3, 0.4) is 0 Å². The van der Waals surface area contributed by atoms with Crippen molar-refractivity contribution in [2.24, 2.45) is 18.9 Å². The van der Waals surface area contributed by atoms with Gasteiger partial charge in [0.2, 0.25) is 0 Å². The number of hydrogen-bond acceptors (Lipinski definition) is 3. The average Bonchev–Trinajstić information content (AvgIpc) is 2.70. The second-order valence-electron chi connectivity index (χ2n) is 4.93. The van der Waals surface area contributed by atoms with Crippen LogP contribution in [-0.2, 0) is 18.4 Å². The number of hydrogen-bond donors (Lipinski definition) is 2. The van der Waals surface area contributed by atoms with E-state index in [9.17, 15) is 9.59 Å². The molecule has 0 aromatic carbocycles. The fourth-order valence-corrected chi connectivity index (χ4v) is 2.03. The fraction of sp³-hybridized carbons (Fsp3) is 0.583. The van der Waals surface area contributed by atoms with Crippen molar-refractivity contribution >= 4 is 12.0 Å². The molecule has 0 spiro atoms. The smallest absolute Gasteiger partial charge is 0.317 e. The maximum atomic E-state index is 11.8. The minimum Gasteiger partial charge on any atom is -0.481 e. The number of aliphatic carboxylic acids is 1. The first-order valence-corrected chi connectivity index (χ1v) is 6.21. The Bertz CT molecular complexity index is 479. The topological polar surface area (TPSA) is 87.5 Å². The van der Waals surface area contributed by atoms with Gasteiger partial charge in [0.15, 0.2) is 0 Å². The molecule has 1 aromatic rings. The zero-order valence-electron chi connectivity index (χ0n) is 11.0. The number of urea groups is 1. The summed E-state index contributed by atoms with van der Waals surface area (Å²) in [6, 6.07) is 1.67. The third-order valence-electron chi connectivity index (χ3n) is 3.48. The molecule has 1 unspecified atom stereocenters. The standard InChI is InChI=1S/C12H18N4O3/c1-8(11(17)18)9-6-16(7-9)12(19)13-5-10-3-4-15(2)14-10/h3-4,8-9H,5-7H2,1-2H3,(H,13,19)(H,17,18). The van der Waals surface area contributed by atoms with Crippen molar-refractivity contribution < 1.29 is 14.7 Å². The highest BCUT2D eigenvalue weighted by Crippen LogP contribution is 2.23. The number of carboxylic acid groups (broad SMARTS) is 1. The van der Waals surface area contributed by atoms with E-state index in [4.69, 9.17) is 5.11 Å². The fourth-order valence-electron chi connectivity index (χ4n) is 2.03. The molecule has 1 aliphatic heterocycles. The number of likely N-dealkylation sites (tertiary alicyclic amines) is 1. The van der Waals surface area contributed by atoms with Gasteiger partial charge < -0.3 is 15.3 Å². The second kappa shape index (κ2) is 5.29. The van der Waals surface area contributed by atoms with E-state index in [1.54, 1.807) is 16.5 Å².